The van der Waals surface area contributed by atoms with Gasteiger partial charge in [0.2, 0.25) is 10.0 Å². The Balaban J connectivity index is 1.71. The maximum absolute atomic E-state index is 12.9. The smallest absolute Gasteiger partial charge is 0.253 e. The molecule has 1 saturated carbocycles. The number of aryl methyl sites for hydroxylation is 1. The van der Waals surface area contributed by atoms with Crippen LogP contribution in [0.25, 0.3) is 0 Å². The number of carbonyl (C=O) groups excluding carboxylic acids is 1. The molecule has 152 valence electrons. The van der Waals surface area contributed by atoms with Gasteiger partial charge in [-0.3, -0.25) is 4.79 Å². The second kappa shape index (κ2) is 8.76. The van der Waals surface area contributed by atoms with Crippen LogP contribution in [0.2, 0.25) is 0 Å². The number of sulfonamides is 1. The third kappa shape index (κ3) is 4.47. The molecule has 1 aliphatic carbocycles. The van der Waals surface area contributed by atoms with Crippen molar-refractivity contribution in [3.05, 3.63) is 51.7 Å². The molecule has 0 atom stereocenters. The minimum Gasteiger partial charge on any atom is -0.337 e. The molecule has 1 amide bonds. The Bertz CT molecular complexity index is 913. The number of rotatable bonds is 6. The van der Waals surface area contributed by atoms with Gasteiger partial charge in [0.15, 0.2) is 0 Å². The van der Waals surface area contributed by atoms with Crippen LogP contribution in [-0.4, -0.2) is 43.7 Å². The van der Waals surface area contributed by atoms with Crippen molar-refractivity contribution >= 4 is 27.3 Å². The second-order valence-corrected chi connectivity index (χ2v) is 10.5. The number of thiophene rings is 1. The van der Waals surface area contributed by atoms with Gasteiger partial charge < -0.3 is 4.90 Å². The van der Waals surface area contributed by atoms with Crippen LogP contribution in [0.15, 0.2) is 40.6 Å². The van der Waals surface area contributed by atoms with E-state index in [1.54, 1.807) is 54.6 Å². The van der Waals surface area contributed by atoms with Gasteiger partial charge in [0.25, 0.3) is 5.91 Å². The minimum absolute atomic E-state index is 0.0697. The maximum atomic E-state index is 12.9. The molecule has 7 heteroatoms. The normalized spacial score (nSPS) is 15.7. The summed E-state index contributed by atoms with van der Waals surface area (Å²) in [4.78, 5) is 15.8. The second-order valence-electron chi connectivity index (χ2n) is 7.53. The van der Waals surface area contributed by atoms with Gasteiger partial charge in [0.05, 0.1) is 11.4 Å². The van der Waals surface area contributed by atoms with Crippen molar-refractivity contribution in [1.29, 1.82) is 0 Å². The van der Waals surface area contributed by atoms with Crippen LogP contribution < -0.4 is 0 Å². The third-order valence-corrected chi connectivity index (χ3v) is 8.49. The molecule has 0 spiro atoms. The fourth-order valence-corrected chi connectivity index (χ4v) is 6.02. The minimum atomic E-state index is -3.54. The van der Waals surface area contributed by atoms with E-state index in [2.05, 4.69) is 0 Å². The summed E-state index contributed by atoms with van der Waals surface area (Å²) in [5, 5.41) is 2.02. The summed E-state index contributed by atoms with van der Waals surface area (Å²) >= 11 is 1.63. The summed E-state index contributed by atoms with van der Waals surface area (Å²) in [6.07, 6.45) is 5.17. The lowest BCUT2D eigenvalue weighted by Crippen LogP contribution is -2.38. The standard InChI is InChI=1S/C21H28N2O3S2/c1-16-13-14-27-20(16)15-22(2)21(24)17-9-11-19(12-10-17)28(25,26)23(3)18-7-5-4-6-8-18/h9-14,18H,4-8,15H2,1-3H3. The fraction of sp³-hybridized carbons (Fsp3) is 0.476. The van der Waals surface area contributed by atoms with E-state index in [4.69, 9.17) is 0 Å². The lowest BCUT2D eigenvalue weighted by atomic mass is 9.96. The molecule has 1 aromatic carbocycles. The van der Waals surface area contributed by atoms with Crippen molar-refractivity contribution in [2.45, 2.75) is 56.5 Å². The van der Waals surface area contributed by atoms with E-state index in [-0.39, 0.29) is 16.8 Å². The first kappa shape index (κ1) is 21.0. The summed E-state index contributed by atoms with van der Waals surface area (Å²) in [7, 11) is -0.103. The predicted octanol–water partition coefficient (Wildman–Crippen LogP) is 4.28. The van der Waals surface area contributed by atoms with Crippen LogP contribution in [0.4, 0.5) is 0 Å². The number of carbonyl (C=O) groups is 1. The van der Waals surface area contributed by atoms with Gasteiger partial charge in [-0.2, -0.15) is 4.31 Å². The highest BCUT2D eigenvalue weighted by Gasteiger charge is 2.29. The topological polar surface area (TPSA) is 57.7 Å². The zero-order valence-electron chi connectivity index (χ0n) is 16.7. The number of amides is 1. The van der Waals surface area contributed by atoms with Crippen LogP contribution in [0.5, 0.6) is 0 Å². The van der Waals surface area contributed by atoms with Crippen LogP contribution in [0.3, 0.4) is 0 Å². The van der Waals surface area contributed by atoms with Gasteiger partial charge in [0, 0.05) is 30.6 Å². The number of hydrogen-bond acceptors (Lipinski definition) is 4. The number of nitrogens with zero attached hydrogens (tertiary/aromatic N) is 2. The maximum Gasteiger partial charge on any atom is 0.253 e. The van der Waals surface area contributed by atoms with Crippen LogP contribution >= 0.6 is 11.3 Å². The number of hydrogen-bond donors (Lipinski definition) is 0. The molecular formula is C21H28N2O3S2. The molecule has 0 saturated heterocycles. The van der Waals surface area contributed by atoms with Crippen molar-refractivity contribution in [3.63, 3.8) is 0 Å². The molecule has 0 unspecified atom stereocenters. The Hall–Kier alpha value is -1.70. The van der Waals surface area contributed by atoms with Crippen LogP contribution in [-0.2, 0) is 16.6 Å². The summed E-state index contributed by atoms with van der Waals surface area (Å²) in [6, 6.07) is 8.43. The van der Waals surface area contributed by atoms with Gasteiger partial charge in [-0.15, -0.1) is 11.3 Å². The zero-order valence-corrected chi connectivity index (χ0v) is 18.4. The predicted molar refractivity (Wildman–Crippen MR) is 113 cm³/mol. The number of benzene rings is 1. The Morgan fingerprint density at radius 1 is 1.07 bits per heavy atom. The fourth-order valence-electron chi connectivity index (χ4n) is 3.65. The lowest BCUT2D eigenvalue weighted by molar-refractivity contribution is 0.0786. The summed E-state index contributed by atoms with van der Waals surface area (Å²) < 4.78 is 27.4. The largest absolute Gasteiger partial charge is 0.337 e. The summed E-state index contributed by atoms with van der Waals surface area (Å²) in [5.74, 6) is -0.114. The molecular weight excluding hydrogens is 392 g/mol. The molecule has 0 aliphatic heterocycles. The molecule has 3 rings (SSSR count). The van der Waals surface area contributed by atoms with E-state index in [9.17, 15) is 13.2 Å². The molecule has 1 aromatic heterocycles. The molecule has 1 fully saturated rings. The monoisotopic (exact) mass is 420 g/mol. The van der Waals surface area contributed by atoms with Gasteiger partial charge in [0.1, 0.15) is 0 Å². The zero-order chi connectivity index (χ0) is 20.3. The van der Waals surface area contributed by atoms with E-state index in [1.165, 1.54) is 16.3 Å². The van der Waals surface area contributed by atoms with E-state index < -0.39 is 10.0 Å². The van der Waals surface area contributed by atoms with E-state index >= 15 is 0 Å². The molecule has 5 nitrogen and oxygen atoms in total. The van der Waals surface area contributed by atoms with Crippen molar-refractivity contribution in [2.75, 3.05) is 14.1 Å². The van der Waals surface area contributed by atoms with Gasteiger partial charge in [-0.25, -0.2) is 8.42 Å². The highest BCUT2D eigenvalue weighted by molar-refractivity contribution is 7.89. The van der Waals surface area contributed by atoms with Crippen LogP contribution in [0.1, 0.15) is 52.9 Å². The Kier molecular flexibility index (Phi) is 6.58. The Morgan fingerprint density at radius 2 is 1.71 bits per heavy atom. The molecule has 28 heavy (non-hydrogen) atoms. The molecule has 0 N–H and O–H groups in total. The van der Waals surface area contributed by atoms with E-state index in [1.807, 2.05) is 18.4 Å². The van der Waals surface area contributed by atoms with E-state index in [0.29, 0.717) is 12.1 Å². The summed E-state index contributed by atoms with van der Waals surface area (Å²) in [5.41, 5.74) is 1.67. The van der Waals surface area contributed by atoms with Crippen molar-refractivity contribution in [1.82, 2.24) is 9.21 Å². The highest BCUT2D eigenvalue weighted by atomic mass is 32.2. The first-order valence-corrected chi connectivity index (χ1v) is 12.0. The quantitative estimate of drug-likeness (QED) is 0.701. The SMILES string of the molecule is Cc1ccsc1CN(C)C(=O)c1ccc(S(=O)(=O)N(C)C2CCCCC2)cc1. The molecule has 0 bridgehead atoms. The molecule has 1 aliphatic rings. The lowest BCUT2D eigenvalue weighted by Gasteiger charge is -2.30. The first-order chi connectivity index (χ1) is 13.3. The van der Waals surface area contributed by atoms with Crippen molar-refractivity contribution < 1.29 is 13.2 Å². The Labute approximate surface area is 172 Å². The van der Waals surface area contributed by atoms with E-state index in [0.717, 1.165) is 30.6 Å². The van der Waals surface area contributed by atoms with Crippen molar-refractivity contribution in [2.24, 2.45) is 0 Å². The van der Waals surface area contributed by atoms with Gasteiger partial charge in [-0.05, 0) is 61.0 Å². The average Bonchev–Trinajstić information content (AvgIpc) is 3.12. The molecule has 1 heterocycles. The van der Waals surface area contributed by atoms with Gasteiger partial charge in [-0.1, -0.05) is 19.3 Å². The molecule has 0 radical (unpaired) electrons. The van der Waals surface area contributed by atoms with Crippen molar-refractivity contribution in [3.8, 4) is 0 Å². The Morgan fingerprint density at radius 3 is 2.29 bits per heavy atom. The molecule has 2 aromatic rings. The van der Waals surface area contributed by atoms with Crippen LogP contribution in [0, 0.1) is 6.92 Å². The highest BCUT2D eigenvalue weighted by Crippen LogP contribution is 2.27. The van der Waals surface area contributed by atoms with Gasteiger partial charge >= 0.3 is 0 Å². The summed E-state index contributed by atoms with van der Waals surface area (Å²) in [6.45, 7) is 2.58. The third-order valence-electron chi connectivity index (χ3n) is 5.56. The average molecular weight is 421 g/mol. The first-order valence-electron chi connectivity index (χ1n) is 9.67.